The van der Waals surface area contributed by atoms with Crippen LogP contribution in [0.5, 0.6) is 11.6 Å². The van der Waals surface area contributed by atoms with Gasteiger partial charge in [0.25, 0.3) is 0 Å². The number of carbonyl (C=O) groups excluding carboxylic acids is 1. The summed E-state index contributed by atoms with van der Waals surface area (Å²) >= 11 is 0. The van der Waals surface area contributed by atoms with Crippen molar-refractivity contribution in [2.75, 3.05) is 18.4 Å². The van der Waals surface area contributed by atoms with Crippen LogP contribution in [-0.2, 0) is 11.2 Å². The van der Waals surface area contributed by atoms with E-state index in [1.165, 1.54) is 12.0 Å². The molecule has 0 radical (unpaired) electrons. The first-order valence-corrected chi connectivity index (χ1v) is 16.5. The quantitative estimate of drug-likeness (QED) is 0.216. The Morgan fingerprint density at radius 3 is 2.65 bits per heavy atom. The van der Waals surface area contributed by atoms with E-state index >= 15 is 0 Å². The smallest absolute Gasteiger partial charge is 0.410 e. The van der Waals surface area contributed by atoms with Gasteiger partial charge in [-0.15, -0.1) is 0 Å². The predicted molar refractivity (Wildman–Crippen MR) is 180 cm³/mol. The SMILES string of the molecule is Cc1ccc2c(C[C@H]3CCCC[C@@H]3O)cccc2c1Oc1ncccc1-c1ccnc(N[C@H]2CCCN(C(=O)OC(C)(C)C)C2)n1. The van der Waals surface area contributed by atoms with Gasteiger partial charge in [-0.25, -0.2) is 19.7 Å². The van der Waals surface area contributed by atoms with E-state index in [2.05, 4.69) is 45.6 Å². The first-order valence-electron chi connectivity index (χ1n) is 16.5. The number of aliphatic hydroxyl groups is 1. The standard InChI is InChI=1S/C37H45N5O4/c1-24-16-17-28-25(22-26-10-5-6-15-32(26)43)11-7-13-29(28)33(24)45-34-30(14-8-19-38-34)31-18-20-39-35(41-31)40-27-12-9-21-42(23-27)36(44)46-37(2,3)4/h7-8,11,13-14,16-20,26-27,32,43H,5-6,9-10,12,15,21-23H2,1-4H3,(H,39,40,41)/t26-,27+,32+/m1/s1. The number of likely N-dealkylation sites (tertiary alicyclic amines) is 1. The Morgan fingerprint density at radius 2 is 1.83 bits per heavy atom. The van der Waals surface area contributed by atoms with Gasteiger partial charge < -0.3 is 24.8 Å². The number of aliphatic hydroxyl groups excluding tert-OH is 1. The molecule has 2 aromatic carbocycles. The molecule has 0 spiro atoms. The average Bonchev–Trinajstić information content (AvgIpc) is 3.03. The number of piperidine rings is 1. The topological polar surface area (TPSA) is 110 Å². The number of aromatic nitrogens is 3. The average molecular weight is 624 g/mol. The lowest BCUT2D eigenvalue weighted by Gasteiger charge is -2.34. The molecule has 46 heavy (non-hydrogen) atoms. The van der Waals surface area contributed by atoms with Gasteiger partial charge in [-0.3, -0.25) is 0 Å². The number of hydrogen-bond acceptors (Lipinski definition) is 8. The van der Waals surface area contributed by atoms with Crippen molar-refractivity contribution in [3.8, 4) is 22.9 Å². The Bertz CT molecular complexity index is 1690. The molecule has 9 nitrogen and oxygen atoms in total. The Balaban J connectivity index is 1.23. The van der Waals surface area contributed by atoms with E-state index in [-0.39, 0.29) is 24.2 Å². The highest BCUT2D eigenvalue weighted by Gasteiger charge is 2.28. The van der Waals surface area contributed by atoms with Crippen molar-refractivity contribution in [2.24, 2.45) is 5.92 Å². The summed E-state index contributed by atoms with van der Waals surface area (Å²) in [6.07, 6.45) is 9.75. The molecule has 2 aliphatic rings. The summed E-state index contributed by atoms with van der Waals surface area (Å²) in [5.74, 6) is 1.99. The first kappa shape index (κ1) is 31.7. The number of nitrogens with one attached hydrogen (secondary N) is 1. The molecule has 9 heteroatoms. The van der Waals surface area contributed by atoms with Gasteiger partial charge in [-0.1, -0.05) is 43.2 Å². The van der Waals surface area contributed by atoms with Gasteiger partial charge >= 0.3 is 6.09 Å². The highest BCUT2D eigenvalue weighted by Crippen LogP contribution is 2.39. The third-order valence-electron chi connectivity index (χ3n) is 8.96. The van der Waals surface area contributed by atoms with E-state index in [0.717, 1.165) is 66.2 Å². The van der Waals surface area contributed by atoms with E-state index in [1.807, 2.05) is 45.9 Å². The minimum Gasteiger partial charge on any atom is -0.444 e. The van der Waals surface area contributed by atoms with Crippen LogP contribution in [0.25, 0.3) is 22.0 Å². The summed E-state index contributed by atoms with van der Waals surface area (Å²) in [4.78, 5) is 28.4. The van der Waals surface area contributed by atoms with Crippen LogP contribution in [0.2, 0.25) is 0 Å². The number of anilines is 1. The lowest BCUT2D eigenvalue weighted by Crippen LogP contribution is -2.47. The minimum atomic E-state index is -0.538. The van der Waals surface area contributed by atoms with Crippen molar-refractivity contribution in [1.29, 1.82) is 0 Å². The maximum absolute atomic E-state index is 12.7. The molecular weight excluding hydrogens is 578 g/mol. The molecule has 2 fully saturated rings. The number of benzene rings is 2. The molecule has 1 aliphatic carbocycles. The van der Waals surface area contributed by atoms with E-state index in [4.69, 9.17) is 14.5 Å². The number of amides is 1. The van der Waals surface area contributed by atoms with Gasteiger partial charge in [0.05, 0.1) is 17.4 Å². The minimum absolute atomic E-state index is 0.00314. The fourth-order valence-corrected chi connectivity index (χ4v) is 6.64. The summed E-state index contributed by atoms with van der Waals surface area (Å²) in [7, 11) is 0. The van der Waals surface area contributed by atoms with Gasteiger partial charge in [0.15, 0.2) is 0 Å². The van der Waals surface area contributed by atoms with Gasteiger partial charge in [-0.2, -0.15) is 0 Å². The highest BCUT2D eigenvalue weighted by molar-refractivity contribution is 5.92. The summed E-state index contributed by atoms with van der Waals surface area (Å²) in [6.45, 7) is 8.87. The molecular formula is C37H45N5O4. The zero-order chi connectivity index (χ0) is 32.3. The molecule has 1 saturated carbocycles. The van der Waals surface area contributed by atoms with Gasteiger partial charge in [-0.05, 0) is 100 Å². The number of nitrogens with zero attached hydrogens (tertiary/aromatic N) is 4. The Hall–Kier alpha value is -4.24. The summed E-state index contributed by atoms with van der Waals surface area (Å²) in [5.41, 5.74) is 3.14. The third-order valence-corrected chi connectivity index (χ3v) is 8.96. The molecule has 0 unspecified atom stereocenters. The predicted octanol–water partition coefficient (Wildman–Crippen LogP) is 7.70. The van der Waals surface area contributed by atoms with Crippen molar-refractivity contribution in [3.05, 3.63) is 72.1 Å². The molecule has 2 N–H and O–H groups in total. The molecule has 6 rings (SSSR count). The van der Waals surface area contributed by atoms with Crippen molar-refractivity contribution < 1.29 is 19.4 Å². The molecule has 4 aromatic rings. The van der Waals surface area contributed by atoms with Crippen LogP contribution < -0.4 is 10.1 Å². The molecule has 242 valence electrons. The van der Waals surface area contributed by atoms with Gasteiger partial charge in [0.1, 0.15) is 11.4 Å². The molecule has 1 aliphatic heterocycles. The lowest BCUT2D eigenvalue weighted by molar-refractivity contribution is 0.0206. The fraction of sp³-hybridized carbons (Fsp3) is 0.459. The second-order valence-corrected chi connectivity index (χ2v) is 13.7. The molecule has 0 bridgehead atoms. The summed E-state index contributed by atoms with van der Waals surface area (Å²) < 4.78 is 12.2. The molecule has 3 atom stereocenters. The highest BCUT2D eigenvalue weighted by atomic mass is 16.6. The number of rotatable bonds is 7. The number of ether oxygens (including phenoxy) is 2. The zero-order valence-corrected chi connectivity index (χ0v) is 27.3. The van der Waals surface area contributed by atoms with Crippen LogP contribution in [0.3, 0.4) is 0 Å². The van der Waals surface area contributed by atoms with Crippen LogP contribution in [0.1, 0.15) is 70.4 Å². The molecule has 3 heterocycles. The van der Waals surface area contributed by atoms with Crippen molar-refractivity contribution in [2.45, 2.75) is 90.4 Å². The lowest BCUT2D eigenvalue weighted by atomic mass is 9.81. The van der Waals surface area contributed by atoms with Crippen LogP contribution >= 0.6 is 0 Å². The van der Waals surface area contributed by atoms with Gasteiger partial charge in [0.2, 0.25) is 11.8 Å². The second kappa shape index (κ2) is 13.6. The van der Waals surface area contributed by atoms with E-state index in [1.54, 1.807) is 17.3 Å². The van der Waals surface area contributed by atoms with E-state index in [0.29, 0.717) is 30.6 Å². The monoisotopic (exact) mass is 623 g/mol. The largest absolute Gasteiger partial charge is 0.444 e. The Labute approximate surface area is 271 Å². The number of pyridine rings is 1. The maximum Gasteiger partial charge on any atom is 0.410 e. The first-order chi connectivity index (χ1) is 22.1. The zero-order valence-electron chi connectivity index (χ0n) is 27.3. The second-order valence-electron chi connectivity index (χ2n) is 13.7. The molecule has 1 saturated heterocycles. The maximum atomic E-state index is 12.7. The third kappa shape index (κ3) is 7.41. The van der Waals surface area contributed by atoms with Crippen LogP contribution in [0.4, 0.5) is 10.7 Å². The van der Waals surface area contributed by atoms with Crippen LogP contribution in [-0.4, -0.2) is 61.9 Å². The van der Waals surface area contributed by atoms with E-state index in [9.17, 15) is 9.90 Å². The summed E-state index contributed by atoms with van der Waals surface area (Å²) in [6, 6.07) is 16.3. The van der Waals surface area contributed by atoms with Gasteiger partial charge in [0, 0.05) is 36.9 Å². The summed E-state index contributed by atoms with van der Waals surface area (Å²) in [5, 5.41) is 16.2. The van der Waals surface area contributed by atoms with Crippen LogP contribution in [0.15, 0.2) is 60.9 Å². The van der Waals surface area contributed by atoms with Crippen molar-refractivity contribution in [1.82, 2.24) is 19.9 Å². The molecule has 2 aromatic heterocycles. The normalized spacial score (nSPS) is 20.4. The number of hydrogen-bond donors (Lipinski definition) is 2. The van der Waals surface area contributed by atoms with Crippen LogP contribution in [0, 0.1) is 12.8 Å². The van der Waals surface area contributed by atoms with Crippen molar-refractivity contribution in [3.63, 3.8) is 0 Å². The Kier molecular flexibility index (Phi) is 9.40. The number of aryl methyl sites for hydroxylation is 1. The fourth-order valence-electron chi connectivity index (χ4n) is 6.64. The molecule has 1 amide bonds. The number of carbonyl (C=O) groups is 1. The number of fused-ring (bicyclic) bond motifs is 1. The Morgan fingerprint density at radius 1 is 0.978 bits per heavy atom. The van der Waals surface area contributed by atoms with Crippen molar-refractivity contribution >= 4 is 22.8 Å². The van der Waals surface area contributed by atoms with E-state index < -0.39 is 5.60 Å².